The van der Waals surface area contributed by atoms with E-state index in [4.69, 9.17) is 51.3 Å². The van der Waals surface area contributed by atoms with E-state index in [0.717, 1.165) is 0 Å². The van der Waals surface area contributed by atoms with Crippen LogP contribution >= 0.6 is 46.6 Å². The summed E-state index contributed by atoms with van der Waals surface area (Å²) in [6.45, 7) is 0. The Hall–Kier alpha value is -0.550. The van der Waals surface area contributed by atoms with Gasteiger partial charge in [0.15, 0.2) is 10.4 Å². The highest BCUT2D eigenvalue weighted by atomic mass is 35.5. The molecule has 0 aromatic heterocycles. The van der Waals surface area contributed by atoms with Gasteiger partial charge in [-0.05, 0) is 12.1 Å². The van der Waals surface area contributed by atoms with Crippen LogP contribution in [-0.4, -0.2) is 30.5 Å². The van der Waals surface area contributed by atoms with Crippen LogP contribution in [0.25, 0.3) is 0 Å². The molecule has 1 aliphatic rings. The maximum absolute atomic E-state index is 12.0. The highest BCUT2D eigenvalue weighted by Gasteiger charge is 2.58. The molecule has 1 aromatic rings. The van der Waals surface area contributed by atoms with Crippen molar-refractivity contribution in [3.05, 3.63) is 23.8 Å². The van der Waals surface area contributed by atoms with E-state index in [1.165, 1.54) is 11.5 Å². The normalized spacial score (nSPS) is 28.8. The Kier molecular flexibility index (Phi) is 4.50. The fourth-order valence-corrected chi connectivity index (χ4v) is 3.66. The molecule has 0 aliphatic carbocycles. The molecule has 8 heteroatoms. The lowest BCUT2D eigenvalue weighted by Crippen LogP contribution is -2.54. The van der Waals surface area contributed by atoms with E-state index in [2.05, 4.69) is 5.32 Å². The third-order valence-corrected chi connectivity index (χ3v) is 5.63. The molecule has 2 rings (SSSR count). The zero-order valence-corrected chi connectivity index (χ0v) is 13.7. The fraction of sp³-hybridized carbons (Fsp3) is 0.417. The largest absolute Gasteiger partial charge is 0.468 e. The maximum Gasteiger partial charge on any atom is 0.332 e. The Bertz CT molecular complexity index is 542. The molecule has 3 atom stereocenters. The number of carbonyl (C=O) groups is 1. The second-order valence-corrected chi connectivity index (χ2v) is 6.10. The zero-order valence-electron chi connectivity index (χ0n) is 10.7. The number of nitrogens with one attached hydrogen (secondary N) is 1. The van der Waals surface area contributed by atoms with Crippen molar-refractivity contribution in [3.63, 3.8) is 0 Å². The molecular formula is C12H12Cl4N2O2. The van der Waals surface area contributed by atoms with Crippen LogP contribution in [0.4, 0.5) is 11.4 Å². The van der Waals surface area contributed by atoms with Gasteiger partial charge in [0.05, 0.1) is 18.2 Å². The molecule has 0 bridgehead atoms. The van der Waals surface area contributed by atoms with E-state index in [9.17, 15) is 4.79 Å². The standard InChI is InChI=1S/C12H12Cl4N2O2/c1-17-6-4-3-5-7-8(6)9(13)12(15,11(19)20-2)10(14)18(7)16/h3-5,9-10,17H,1-2H3. The van der Waals surface area contributed by atoms with Gasteiger partial charge in [-0.3, -0.25) is 4.42 Å². The number of nitrogens with zero attached hydrogens (tertiary/aromatic N) is 1. The average Bonchev–Trinajstić information content (AvgIpc) is 2.48. The van der Waals surface area contributed by atoms with E-state index >= 15 is 0 Å². The first-order valence-electron chi connectivity index (χ1n) is 5.70. The van der Waals surface area contributed by atoms with Gasteiger partial charge >= 0.3 is 5.97 Å². The van der Waals surface area contributed by atoms with Crippen LogP contribution in [0.3, 0.4) is 0 Å². The Morgan fingerprint density at radius 1 is 1.45 bits per heavy atom. The van der Waals surface area contributed by atoms with Crippen LogP contribution in [0.5, 0.6) is 0 Å². The molecule has 1 heterocycles. The Morgan fingerprint density at radius 3 is 2.65 bits per heavy atom. The van der Waals surface area contributed by atoms with E-state index < -0.39 is 21.7 Å². The molecular weight excluding hydrogens is 346 g/mol. The number of halogens is 4. The van der Waals surface area contributed by atoms with Crippen molar-refractivity contribution in [2.75, 3.05) is 23.9 Å². The summed E-state index contributed by atoms with van der Waals surface area (Å²) in [5.74, 6) is -0.735. The van der Waals surface area contributed by atoms with Crippen LogP contribution in [0.2, 0.25) is 0 Å². The number of hydrogen-bond acceptors (Lipinski definition) is 4. The average molecular weight is 358 g/mol. The van der Waals surface area contributed by atoms with Crippen LogP contribution in [-0.2, 0) is 9.53 Å². The van der Waals surface area contributed by atoms with E-state index in [-0.39, 0.29) is 0 Å². The Balaban J connectivity index is 2.67. The van der Waals surface area contributed by atoms with Gasteiger partial charge in [-0.2, -0.15) is 0 Å². The molecule has 0 saturated carbocycles. The summed E-state index contributed by atoms with van der Waals surface area (Å²) in [5.41, 5.74) is 0.855. The first kappa shape index (κ1) is 15.8. The number of anilines is 2. The van der Waals surface area contributed by atoms with E-state index in [0.29, 0.717) is 16.9 Å². The number of ether oxygens (including phenoxy) is 1. The van der Waals surface area contributed by atoms with Gasteiger partial charge in [0.25, 0.3) is 0 Å². The number of carbonyl (C=O) groups excluding carboxylic acids is 1. The summed E-state index contributed by atoms with van der Waals surface area (Å²) in [7, 11) is 2.95. The molecule has 20 heavy (non-hydrogen) atoms. The molecule has 3 unspecified atom stereocenters. The summed E-state index contributed by atoms with van der Waals surface area (Å²) in [6.07, 6.45) is 0. The van der Waals surface area contributed by atoms with Crippen molar-refractivity contribution < 1.29 is 9.53 Å². The summed E-state index contributed by atoms with van der Waals surface area (Å²) in [4.78, 5) is 10.3. The Labute approximate surface area is 137 Å². The number of benzene rings is 1. The molecule has 1 aliphatic heterocycles. The first-order valence-corrected chi connectivity index (χ1v) is 7.29. The SMILES string of the molecule is CNc1cccc2c1C(Cl)C(Cl)(C(=O)OC)C(Cl)N2Cl. The monoisotopic (exact) mass is 356 g/mol. The number of hydrogen-bond donors (Lipinski definition) is 1. The topological polar surface area (TPSA) is 41.6 Å². The van der Waals surface area contributed by atoms with Gasteiger partial charge in [0.2, 0.25) is 0 Å². The lowest BCUT2D eigenvalue weighted by molar-refractivity contribution is -0.144. The minimum Gasteiger partial charge on any atom is -0.468 e. The lowest BCUT2D eigenvalue weighted by atomic mass is 9.90. The van der Waals surface area contributed by atoms with Gasteiger partial charge in [0.1, 0.15) is 0 Å². The Morgan fingerprint density at radius 2 is 2.10 bits per heavy atom. The van der Waals surface area contributed by atoms with Gasteiger partial charge < -0.3 is 10.1 Å². The molecule has 110 valence electrons. The van der Waals surface area contributed by atoms with Crippen LogP contribution in [0.15, 0.2) is 18.2 Å². The number of fused-ring (bicyclic) bond motifs is 1. The van der Waals surface area contributed by atoms with Crippen LogP contribution in [0.1, 0.15) is 10.9 Å². The summed E-state index contributed by atoms with van der Waals surface area (Å²) in [6, 6.07) is 5.36. The van der Waals surface area contributed by atoms with Crippen molar-refractivity contribution in [1.82, 2.24) is 0 Å². The zero-order chi connectivity index (χ0) is 15.1. The van der Waals surface area contributed by atoms with Crippen molar-refractivity contribution in [3.8, 4) is 0 Å². The molecule has 0 fully saturated rings. The third kappa shape index (κ3) is 2.10. The molecule has 1 N–H and O–H groups in total. The van der Waals surface area contributed by atoms with E-state index in [1.807, 2.05) is 6.07 Å². The number of alkyl halides is 3. The highest BCUT2D eigenvalue weighted by Crippen LogP contribution is 2.54. The van der Waals surface area contributed by atoms with E-state index in [1.54, 1.807) is 19.2 Å². The summed E-state index contributed by atoms with van der Waals surface area (Å²) >= 11 is 25.2. The maximum atomic E-state index is 12.0. The molecule has 4 nitrogen and oxygen atoms in total. The van der Waals surface area contributed by atoms with Crippen LogP contribution in [0, 0.1) is 0 Å². The predicted octanol–water partition coefficient (Wildman–Crippen LogP) is 3.70. The summed E-state index contributed by atoms with van der Waals surface area (Å²) < 4.78 is 5.92. The smallest absolute Gasteiger partial charge is 0.332 e. The second-order valence-electron chi connectivity index (χ2n) is 4.26. The van der Waals surface area contributed by atoms with Gasteiger partial charge in [0, 0.05) is 30.1 Å². The second kappa shape index (κ2) is 5.68. The van der Waals surface area contributed by atoms with Crippen molar-refractivity contribution >= 4 is 63.9 Å². The number of methoxy groups -OCH3 is 1. The number of esters is 1. The first-order chi connectivity index (χ1) is 9.39. The molecule has 0 amide bonds. The molecule has 0 spiro atoms. The van der Waals surface area contributed by atoms with Crippen molar-refractivity contribution in [1.29, 1.82) is 0 Å². The number of rotatable bonds is 2. The van der Waals surface area contributed by atoms with Gasteiger partial charge in [-0.1, -0.05) is 17.7 Å². The summed E-state index contributed by atoms with van der Waals surface area (Å²) in [5, 5.41) is 2.10. The molecule has 1 aromatic carbocycles. The quantitative estimate of drug-likeness (QED) is 0.379. The third-order valence-electron chi connectivity index (χ3n) is 3.25. The van der Waals surface area contributed by atoms with Gasteiger partial charge in [-0.15, -0.1) is 23.2 Å². The minimum atomic E-state index is -1.69. The molecule has 0 saturated heterocycles. The van der Waals surface area contributed by atoms with Crippen LogP contribution < -0.4 is 9.74 Å². The fourth-order valence-electron chi connectivity index (χ4n) is 2.20. The lowest BCUT2D eigenvalue weighted by Gasteiger charge is -2.43. The molecule has 0 radical (unpaired) electrons. The highest BCUT2D eigenvalue weighted by molar-refractivity contribution is 6.48. The predicted molar refractivity (Wildman–Crippen MR) is 83.2 cm³/mol. The van der Waals surface area contributed by atoms with Crippen molar-refractivity contribution in [2.24, 2.45) is 0 Å². The van der Waals surface area contributed by atoms with Gasteiger partial charge in [-0.25, -0.2) is 4.79 Å². The minimum absolute atomic E-state index is 0.596. The van der Waals surface area contributed by atoms with Crippen molar-refractivity contribution in [2.45, 2.75) is 15.8 Å².